The highest BCUT2D eigenvalue weighted by Gasteiger charge is 2.06. The van der Waals surface area contributed by atoms with E-state index in [2.05, 4.69) is 4.98 Å². The highest BCUT2D eigenvalue weighted by Crippen LogP contribution is 2.15. The molecule has 10 heavy (non-hydrogen) atoms. The molecule has 0 spiro atoms. The number of aryl methyl sites for hydroxylation is 1. The Bertz CT molecular complexity index is 223. The van der Waals surface area contributed by atoms with Crippen LogP contribution in [-0.2, 0) is 0 Å². The number of hydrogen-bond acceptors (Lipinski definition) is 1. The first-order valence-corrected chi connectivity index (χ1v) is 2.92. The first-order chi connectivity index (χ1) is 4.70. The molecule has 0 aliphatic heterocycles. The molecule has 1 aromatic rings. The molecule has 0 amide bonds. The van der Waals surface area contributed by atoms with E-state index in [9.17, 15) is 8.78 Å². The standard InChI is InChI=1S/C7H7F2N/c1-5-3-2-4-6(10-5)7(8)9/h2-4,7H,1H3. The Balaban J connectivity index is 2.96. The van der Waals surface area contributed by atoms with E-state index in [1.54, 1.807) is 19.1 Å². The van der Waals surface area contributed by atoms with Crippen LogP contribution in [0.25, 0.3) is 0 Å². The van der Waals surface area contributed by atoms with Gasteiger partial charge in [0.2, 0.25) is 0 Å². The lowest BCUT2D eigenvalue weighted by Gasteiger charge is -1.97. The number of alkyl halides is 2. The molecular formula is C7H7F2N. The molecular weight excluding hydrogens is 136 g/mol. The molecule has 0 N–H and O–H groups in total. The number of aromatic nitrogens is 1. The molecule has 0 saturated carbocycles. The molecule has 0 fully saturated rings. The molecule has 1 rings (SSSR count). The minimum Gasteiger partial charge on any atom is -0.252 e. The minimum absolute atomic E-state index is 0.153. The van der Waals surface area contributed by atoms with Crippen molar-refractivity contribution in [1.82, 2.24) is 4.98 Å². The van der Waals surface area contributed by atoms with Crippen molar-refractivity contribution in [2.45, 2.75) is 13.3 Å². The Hall–Kier alpha value is -0.990. The quantitative estimate of drug-likeness (QED) is 0.587. The Morgan fingerprint density at radius 1 is 1.40 bits per heavy atom. The smallest absolute Gasteiger partial charge is 0.252 e. The lowest BCUT2D eigenvalue weighted by molar-refractivity contribution is 0.146. The molecule has 0 aliphatic carbocycles. The van der Waals surface area contributed by atoms with E-state index in [0.717, 1.165) is 0 Å². The predicted octanol–water partition coefficient (Wildman–Crippen LogP) is 2.33. The maximum absolute atomic E-state index is 11.9. The van der Waals surface area contributed by atoms with Crippen molar-refractivity contribution in [2.24, 2.45) is 0 Å². The average molecular weight is 143 g/mol. The number of nitrogens with zero attached hydrogens (tertiary/aromatic N) is 1. The van der Waals surface area contributed by atoms with Crippen molar-refractivity contribution in [1.29, 1.82) is 0 Å². The Morgan fingerprint density at radius 3 is 2.50 bits per heavy atom. The molecule has 3 heteroatoms. The Labute approximate surface area is 57.7 Å². The fraction of sp³-hybridized carbons (Fsp3) is 0.286. The molecule has 1 aromatic heterocycles. The third-order valence-electron chi connectivity index (χ3n) is 1.13. The monoisotopic (exact) mass is 143 g/mol. The van der Waals surface area contributed by atoms with Gasteiger partial charge in [0.1, 0.15) is 5.69 Å². The van der Waals surface area contributed by atoms with Crippen LogP contribution in [0, 0.1) is 6.92 Å². The van der Waals surface area contributed by atoms with Crippen LogP contribution in [0.4, 0.5) is 8.78 Å². The van der Waals surface area contributed by atoms with Crippen LogP contribution in [-0.4, -0.2) is 4.98 Å². The Morgan fingerprint density at radius 2 is 2.10 bits per heavy atom. The largest absolute Gasteiger partial charge is 0.280 e. The summed E-state index contributed by atoms with van der Waals surface area (Å²) in [7, 11) is 0. The number of pyridine rings is 1. The number of rotatable bonds is 1. The van der Waals surface area contributed by atoms with Crippen LogP contribution in [0.1, 0.15) is 17.8 Å². The minimum atomic E-state index is -2.46. The van der Waals surface area contributed by atoms with E-state index in [0.29, 0.717) is 5.69 Å². The molecule has 54 valence electrons. The lowest BCUT2D eigenvalue weighted by Crippen LogP contribution is -1.90. The predicted molar refractivity (Wildman–Crippen MR) is 33.9 cm³/mol. The summed E-state index contributed by atoms with van der Waals surface area (Å²) in [6.07, 6.45) is -2.46. The third kappa shape index (κ3) is 1.50. The fourth-order valence-corrected chi connectivity index (χ4v) is 0.686. The summed E-state index contributed by atoms with van der Waals surface area (Å²) in [5.41, 5.74) is 0.470. The van der Waals surface area contributed by atoms with Crippen molar-refractivity contribution >= 4 is 0 Å². The van der Waals surface area contributed by atoms with Gasteiger partial charge < -0.3 is 0 Å². The van der Waals surface area contributed by atoms with Gasteiger partial charge in [-0.15, -0.1) is 0 Å². The van der Waals surface area contributed by atoms with Crippen molar-refractivity contribution in [3.63, 3.8) is 0 Å². The van der Waals surface area contributed by atoms with Crippen LogP contribution < -0.4 is 0 Å². The second-order valence-electron chi connectivity index (χ2n) is 2.00. The summed E-state index contributed by atoms with van der Waals surface area (Å²) >= 11 is 0. The maximum atomic E-state index is 11.9. The van der Waals surface area contributed by atoms with Gasteiger partial charge in [-0.25, -0.2) is 8.78 Å². The summed E-state index contributed by atoms with van der Waals surface area (Å²) in [5, 5.41) is 0. The third-order valence-corrected chi connectivity index (χ3v) is 1.13. The van der Waals surface area contributed by atoms with Gasteiger partial charge >= 0.3 is 0 Å². The fourth-order valence-electron chi connectivity index (χ4n) is 0.686. The first-order valence-electron chi connectivity index (χ1n) is 2.92. The van der Waals surface area contributed by atoms with E-state index in [1.807, 2.05) is 0 Å². The van der Waals surface area contributed by atoms with Gasteiger partial charge in [-0.2, -0.15) is 0 Å². The molecule has 0 aliphatic rings. The first kappa shape index (κ1) is 7.12. The van der Waals surface area contributed by atoms with Crippen molar-refractivity contribution < 1.29 is 8.78 Å². The van der Waals surface area contributed by atoms with Crippen LogP contribution in [0.2, 0.25) is 0 Å². The van der Waals surface area contributed by atoms with Gasteiger partial charge in [0, 0.05) is 5.69 Å². The Kier molecular flexibility index (Phi) is 1.94. The average Bonchev–Trinajstić information content (AvgIpc) is 1.88. The highest BCUT2D eigenvalue weighted by atomic mass is 19.3. The second kappa shape index (κ2) is 2.73. The van der Waals surface area contributed by atoms with E-state index in [-0.39, 0.29) is 5.69 Å². The van der Waals surface area contributed by atoms with E-state index in [1.165, 1.54) is 6.07 Å². The summed E-state index contributed by atoms with van der Waals surface area (Å²) in [6.45, 7) is 1.69. The van der Waals surface area contributed by atoms with E-state index < -0.39 is 6.43 Å². The summed E-state index contributed by atoms with van der Waals surface area (Å²) in [6, 6.07) is 4.58. The molecule has 0 atom stereocenters. The molecule has 1 heterocycles. The van der Waals surface area contributed by atoms with Crippen molar-refractivity contribution in [2.75, 3.05) is 0 Å². The van der Waals surface area contributed by atoms with Crippen LogP contribution in [0.15, 0.2) is 18.2 Å². The van der Waals surface area contributed by atoms with E-state index >= 15 is 0 Å². The topological polar surface area (TPSA) is 12.9 Å². The zero-order valence-corrected chi connectivity index (χ0v) is 5.51. The molecule has 0 bridgehead atoms. The number of hydrogen-bond donors (Lipinski definition) is 0. The molecule has 0 radical (unpaired) electrons. The van der Waals surface area contributed by atoms with Gasteiger partial charge in [0.15, 0.2) is 0 Å². The van der Waals surface area contributed by atoms with Crippen molar-refractivity contribution in [3.05, 3.63) is 29.6 Å². The van der Waals surface area contributed by atoms with Crippen molar-refractivity contribution in [3.8, 4) is 0 Å². The zero-order chi connectivity index (χ0) is 7.56. The molecule has 0 unspecified atom stereocenters. The second-order valence-corrected chi connectivity index (χ2v) is 2.00. The summed E-state index contributed by atoms with van der Waals surface area (Å²) < 4.78 is 23.8. The van der Waals surface area contributed by atoms with Crippen LogP contribution >= 0.6 is 0 Å². The van der Waals surface area contributed by atoms with Crippen LogP contribution in [0.5, 0.6) is 0 Å². The SMILES string of the molecule is Cc1cccc(C(F)F)n1. The molecule has 0 saturated heterocycles. The van der Waals surface area contributed by atoms with Gasteiger partial charge in [0.25, 0.3) is 6.43 Å². The summed E-state index contributed by atoms with van der Waals surface area (Å²) in [4.78, 5) is 3.62. The van der Waals surface area contributed by atoms with E-state index in [4.69, 9.17) is 0 Å². The lowest BCUT2D eigenvalue weighted by atomic mass is 10.3. The summed E-state index contributed by atoms with van der Waals surface area (Å²) in [5.74, 6) is 0. The molecule has 1 nitrogen and oxygen atoms in total. The van der Waals surface area contributed by atoms with Gasteiger partial charge in [-0.05, 0) is 19.1 Å². The highest BCUT2D eigenvalue weighted by molar-refractivity contribution is 5.10. The number of halogens is 2. The molecule has 0 aromatic carbocycles. The van der Waals surface area contributed by atoms with Crippen LogP contribution in [0.3, 0.4) is 0 Å². The van der Waals surface area contributed by atoms with Gasteiger partial charge in [0.05, 0.1) is 0 Å². The zero-order valence-electron chi connectivity index (χ0n) is 5.51. The van der Waals surface area contributed by atoms with Gasteiger partial charge in [-0.1, -0.05) is 6.07 Å². The van der Waals surface area contributed by atoms with Gasteiger partial charge in [-0.3, -0.25) is 4.98 Å². The maximum Gasteiger partial charge on any atom is 0.280 e. The normalized spacial score (nSPS) is 10.4.